The first kappa shape index (κ1) is 16.3. The first-order valence-electron chi connectivity index (χ1n) is 6.27. The first-order valence-corrected chi connectivity index (χ1v) is 8.00. The van der Waals surface area contributed by atoms with E-state index in [9.17, 15) is 9.00 Å². The first-order chi connectivity index (χ1) is 9.52. The maximum absolute atomic E-state index is 12.0. The Morgan fingerprint density at radius 2 is 2.30 bits per heavy atom. The van der Waals surface area contributed by atoms with Gasteiger partial charge in [-0.05, 0) is 19.4 Å². The van der Waals surface area contributed by atoms with Gasteiger partial charge in [0, 0.05) is 46.8 Å². The molecule has 108 valence electrons. The second kappa shape index (κ2) is 8.46. The molecule has 5 nitrogen and oxygen atoms in total. The van der Waals surface area contributed by atoms with Crippen molar-refractivity contribution >= 4 is 16.7 Å². The number of nitrogens with zero attached hydrogens (tertiary/aromatic N) is 1. The lowest BCUT2D eigenvalue weighted by atomic mass is 10.2. The van der Waals surface area contributed by atoms with Crippen molar-refractivity contribution in [2.45, 2.75) is 19.4 Å². The maximum Gasteiger partial charge on any atom is 0.253 e. The van der Waals surface area contributed by atoms with Gasteiger partial charge in [0.25, 0.3) is 5.91 Å². The number of hydrogen-bond donors (Lipinski definition) is 2. The zero-order valence-electron chi connectivity index (χ0n) is 11.7. The van der Waals surface area contributed by atoms with Crippen LogP contribution in [0.4, 0.5) is 0 Å². The Morgan fingerprint density at radius 3 is 2.95 bits per heavy atom. The molecule has 20 heavy (non-hydrogen) atoms. The van der Waals surface area contributed by atoms with Gasteiger partial charge in [-0.25, -0.2) is 0 Å². The minimum absolute atomic E-state index is 0.0369. The Labute approximate surface area is 121 Å². The molecule has 1 amide bonds. The number of hydrogen-bond acceptors (Lipinski definition) is 4. The molecule has 0 bridgehead atoms. The molecule has 0 fully saturated rings. The lowest BCUT2D eigenvalue weighted by molar-refractivity contribution is 0.0939. The van der Waals surface area contributed by atoms with Gasteiger partial charge in [-0.3, -0.25) is 14.0 Å². The molecular weight excluding hydrogens is 274 g/mol. The van der Waals surface area contributed by atoms with Gasteiger partial charge in [-0.1, -0.05) is 11.8 Å². The third kappa shape index (κ3) is 5.95. The zero-order valence-corrected chi connectivity index (χ0v) is 12.5. The van der Waals surface area contributed by atoms with Crippen LogP contribution >= 0.6 is 0 Å². The van der Waals surface area contributed by atoms with E-state index in [0.717, 1.165) is 0 Å². The molecule has 2 unspecified atom stereocenters. The highest BCUT2D eigenvalue weighted by molar-refractivity contribution is 7.84. The Bertz CT molecular complexity index is 549. The molecule has 1 aromatic heterocycles. The summed E-state index contributed by atoms with van der Waals surface area (Å²) >= 11 is 0. The van der Waals surface area contributed by atoms with Gasteiger partial charge >= 0.3 is 0 Å². The number of amides is 1. The number of rotatable bonds is 5. The van der Waals surface area contributed by atoms with Gasteiger partial charge in [0.05, 0.1) is 12.1 Å². The lowest BCUT2D eigenvalue weighted by Crippen LogP contribution is -2.33. The second-order valence-corrected chi connectivity index (χ2v) is 5.96. The second-order valence-electron chi connectivity index (χ2n) is 4.41. The van der Waals surface area contributed by atoms with E-state index >= 15 is 0 Å². The quantitative estimate of drug-likeness (QED) is 0.764. The fourth-order valence-corrected chi connectivity index (χ4v) is 2.19. The standard InChI is InChI=1S/C14H19N3O2S/c1-11(5-7-20(2)19)17-14(18)13-8-12(4-3-6-15)9-16-10-13/h8-11H,5-7,15H2,1-2H3,(H,17,18). The van der Waals surface area contributed by atoms with Gasteiger partial charge in [-0.2, -0.15) is 0 Å². The maximum atomic E-state index is 12.0. The summed E-state index contributed by atoms with van der Waals surface area (Å²) in [7, 11) is -0.847. The number of carbonyl (C=O) groups is 1. The smallest absolute Gasteiger partial charge is 0.253 e. The van der Waals surface area contributed by atoms with Gasteiger partial charge in [0.15, 0.2) is 0 Å². The summed E-state index contributed by atoms with van der Waals surface area (Å²) in [5.41, 5.74) is 6.41. The van der Waals surface area contributed by atoms with Crippen molar-refractivity contribution in [1.29, 1.82) is 0 Å². The van der Waals surface area contributed by atoms with Crippen molar-refractivity contribution in [2.24, 2.45) is 5.73 Å². The average Bonchev–Trinajstić information content (AvgIpc) is 2.43. The molecule has 1 rings (SSSR count). The van der Waals surface area contributed by atoms with E-state index in [2.05, 4.69) is 22.1 Å². The predicted octanol–water partition coefficient (Wildman–Crippen LogP) is 0.279. The molecule has 0 radical (unpaired) electrons. The van der Waals surface area contributed by atoms with Crippen LogP contribution < -0.4 is 11.1 Å². The summed E-state index contributed by atoms with van der Waals surface area (Å²) in [4.78, 5) is 16.0. The fraction of sp³-hybridized carbons (Fsp3) is 0.429. The van der Waals surface area contributed by atoms with Gasteiger partial charge in [-0.15, -0.1) is 0 Å². The molecule has 3 N–H and O–H groups in total. The summed E-state index contributed by atoms with van der Waals surface area (Å²) in [5.74, 6) is 5.92. The Morgan fingerprint density at radius 1 is 1.55 bits per heavy atom. The van der Waals surface area contributed by atoms with E-state index in [1.807, 2.05) is 6.92 Å². The molecule has 6 heteroatoms. The highest BCUT2D eigenvalue weighted by Gasteiger charge is 2.10. The van der Waals surface area contributed by atoms with E-state index in [4.69, 9.17) is 5.73 Å². The third-order valence-electron chi connectivity index (χ3n) is 2.55. The molecular formula is C14H19N3O2S. The largest absolute Gasteiger partial charge is 0.350 e. The minimum Gasteiger partial charge on any atom is -0.350 e. The van der Waals surface area contributed by atoms with E-state index in [0.29, 0.717) is 23.3 Å². The molecule has 0 aromatic carbocycles. The van der Waals surface area contributed by atoms with Crippen LogP contribution in [0.2, 0.25) is 0 Å². The van der Waals surface area contributed by atoms with Crippen molar-refractivity contribution < 1.29 is 9.00 Å². The average molecular weight is 293 g/mol. The highest BCUT2D eigenvalue weighted by atomic mass is 32.2. The molecule has 0 spiro atoms. The van der Waals surface area contributed by atoms with Crippen LogP contribution in [-0.4, -0.2) is 39.7 Å². The lowest BCUT2D eigenvalue weighted by Gasteiger charge is -2.13. The van der Waals surface area contributed by atoms with Crippen molar-refractivity contribution in [3.8, 4) is 11.8 Å². The van der Waals surface area contributed by atoms with Crippen LogP contribution in [0.5, 0.6) is 0 Å². The number of nitrogens with two attached hydrogens (primary N) is 1. The predicted molar refractivity (Wildman–Crippen MR) is 80.6 cm³/mol. The van der Waals surface area contributed by atoms with Crippen LogP contribution in [0.3, 0.4) is 0 Å². The van der Waals surface area contributed by atoms with Gasteiger partial charge in [0.2, 0.25) is 0 Å². The zero-order chi connectivity index (χ0) is 15.0. The van der Waals surface area contributed by atoms with E-state index in [1.54, 1.807) is 18.5 Å². The number of nitrogens with one attached hydrogen (secondary N) is 1. The van der Waals surface area contributed by atoms with Crippen molar-refractivity contribution in [3.05, 3.63) is 29.6 Å². The Balaban J connectivity index is 2.65. The van der Waals surface area contributed by atoms with Crippen molar-refractivity contribution in [1.82, 2.24) is 10.3 Å². The van der Waals surface area contributed by atoms with E-state index in [1.165, 1.54) is 6.20 Å². The third-order valence-corrected chi connectivity index (χ3v) is 3.36. The van der Waals surface area contributed by atoms with Crippen LogP contribution in [0, 0.1) is 11.8 Å². The topological polar surface area (TPSA) is 85.1 Å². The summed E-state index contributed by atoms with van der Waals surface area (Å²) in [6.45, 7) is 2.15. The fourth-order valence-electron chi connectivity index (χ4n) is 1.51. The molecule has 0 aliphatic heterocycles. The van der Waals surface area contributed by atoms with Crippen LogP contribution in [0.1, 0.15) is 29.3 Å². The molecule has 0 aliphatic carbocycles. The van der Waals surface area contributed by atoms with E-state index in [-0.39, 0.29) is 18.5 Å². The number of aromatic nitrogens is 1. The SMILES string of the molecule is CC(CCS(C)=O)NC(=O)c1cncc(C#CCN)c1. The van der Waals surface area contributed by atoms with E-state index < -0.39 is 10.8 Å². The number of pyridine rings is 1. The normalized spacial score (nSPS) is 12.9. The summed E-state index contributed by atoms with van der Waals surface area (Å²) in [6.07, 6.45) is 5.41. The Hall–Kier alpha value is -1.71. The van der Waals surface area contributed by atoms with Gasteiger partial charge in [0.1, 0.15) is 0 Å². The molecule has 1 aromatic rings. The van der Waals surface area contributed by atoms with Crippen molar-refractivity contribution in [2.75, 3.05) is 18.6 Å². The summed E-state index contributed by atoms with van der Waals surface area (Å²) in [6, 6.07) is 1.64. The van der Waals surface area contributed by atoms with Gasteiger partial charge < -0.3 is 11.1 Å². The summed E-state index contributed by atoms with van der Waals surface area (Å²) in [5, 5.41) is 2.85. The Kier molecular flexibility index (Phi) is 6.91. The summed E-state index contributed by atoms with van der Waals surface area (Å²) < 4.78 is 11.0. The van der Waals surface area contributed by atoms with Crippen LogP contribution in [0.25, 0.3) is 0 Å². The van der Waals surface area contributed by atoms with Crippen molar-refractivity contribution in [3.63, 3.8) is 0 Å². The number of carbonyl (C=O) groups excluding carboxylic acids is 1. The highest BCUT2D eigenvalue weighted by Crippen LogP contribution is 2.03. The molecule has 2 atom stereocenters. The van der Waals surface area contributed by atoms with Crippen LogP contribution in [0.15, 0.2) is 18.5 Å². The monoisotopic (exact) mass is 293 g/mol. The minimum atomic E-state index is -0.847. The van der Waals surface area contributed by atoms with Crippen LogP contribution in [-0.2, 0) is 10.8 Å². The molecule has 0 saturated heterocycles. The molecule has 0 aliphatic rings. The molecule has 0 saturated carbocycles. The molecule has 1 heterocycles.